The van der Waals surface area contributed by atoms with Crippen LogP contribution in [-0.4, -0.2) is 17.3 Å². The topological polar surface area (TPSA) is 58.9 Å². The van der Waals surface area contributed by atoms with E-state index in [0.717, 1.165) is 12.3 Å². The fraction of sp³-hybridized carbons (Fsp3) is 0.0588. The number of alkyl halides is 1. The van der Waals surface area contributed by atoms with Gasteiger partial charge in [0.05, 0.1) is 11.8 Å². The summed E-state index contributed by atoms with van der Waals surface area (Å²) >= 11 is 0. The Morgan fingerprint density at radius 2 is 1.65 bits per heavy atom. The number of carboxylic acid groups (broad SMARTS) is 1. The van der Waals surface area contributed by atoms with Crippen LogP contribution in [0.3, 0.4) is 0 Å². The predicted octanol–water partition coefficient (Wildman–Crippen LogP) is 4.36. The first kappa shape index (κ1) is 19.1. The van der Waals surface area contributed by atoms with E-state index in [0.29, 0.717) is 11.1 Å². The molecule has 2 aromatic rings. The first-order valence-corrected chi connectivity index (χ1v) is 6.97. The van der Waals surface area contributed by atoms with E-state index < -0.39 is 41.2 Å². The molecule has 0 fully saturated rings. The molecule has 2 rings (SSSR count). The van der Waals surface area contributed by atoms with Crippen molar-refractivity contribution in [3.05, 3.63) is 76.4 Å². The van der Waals surface area contributed by atoms with Gasteiger partial charge in [0.25, 0.3) is 6.36 Å². The van der Waals surface area contributed by atoms with E-state index in [9.17, 15) is 26.7 Å². The van der Waals surface area contributed by atoms with Gasteiger partial charge in [-0.2, -0.15) is 4.39 Å². The SMILES string of the molecule is O=C(O)C=Cc1ccc(C=NOC(F)c2cc(F)c(F)c(F)c2F)cc1. The standard InChI is InChI=1S/C17H10F5NO3/c18-12-7-11(14(19)16(21)15(12)20)17(22)26-23-8-10-3-1-9(2-4-10)5-6-13(24)25/h1-8,17H,(H,24,25). The number of benzene rings is 2. The lowest BCUT2D eigenvalue weighted by molar-refractivity contribution is -0.131. The normalized spacial score (nSPS) is 12.7. The first-order valence-electron chi connectivity index (χ1n) is 6.97. The maximum Gasteiger partial charge on any atom is 0.328 e. The largest absolute Gasteiger partial charge is 0.478 e. The monoisotopic (exact) mass is 371 g/mol. The van der Waals surface area contributed by atoms with Crippen molar-refractivity contribution >= 4 is 18.3 Å². The van der Waals surface area contributed by atoms with E-state index >= 15 is 0 Å². The smallest absolute Gasteiger partial charge is 0.328 e. The molecule has 2 aromatic carbocycles. The Kier molecular flexibility index (Phi) is 6.05. The molecule has 0 amide bonds. The second-order valence-electron chi connectivity index (χ2n) is 4.88. The van der Waals surface area contributed by atoms with E-state index in [1.54, 1.807) is 0 Å². The van der Waals surface area contributed by atoms with Crippen molar-refractivity contribution in [1.29, 1.82) is 0 Å². The molecule has 136 valence electrons. The Morgan fingerprint density at radius 3 is 2.27 bits per heavy atom. The van der Waals surface area contributed by atoms with Crippen molar-refractivity contribution < 1.29 is 36.7 Å². The Bertz CT molecular complexity index is 866. The van der Waals surface area contributed by atoms with Crippen molar-refractivity contribution in [1.82, 2.24) is 0 Å². The van der Waals surface area contributed by atoms with Gasteiger partial charge in [0.1, 0.15) is 0 Å². The number of carbonyl (C=O) groups is 1. The van der Waals surface area contributed by atoms with Gasteiger partial charge in [0, 0.05) is 6.08 Å². The number of carboxylic acids is 1. The molecule has 1 atom stereocenters. The Hall–Kier alpha value is -3.23. The summed E-state index contributed by atoms with van der Waals surface area (Å²) in [6.45, 7) is 0. The lowest BCUT2D eigenvalue weighted by atomic mass is 10.1. The average molecular weight is 371 g/mol. The van der Waals surface area contributed by atoms with Crippen LogP contribution in [0.15, 0.2) is 41.6 Å². The number of rotatable bonds is 6. The van der Waals surface area contributed by atoms with Gasteiger partial charge in [-0.05, 0) is 23.3 Å². The molecule has 0 saturated carbocycles. The minimum Gasteiger partial charge on any atom is -0.478 e. The third kappa shape index (κ3) is 4.65. The number of hydrogen-bond donors (Lipinski definition) is 1. The van der Waals surface area contributed by atoms with E-state index in [1.165, 1.54) is 30.3 Å². The quantitative estimate of drug-likeness (QED) is 0.205. The van der Waals surface area contributed by atoms with Crippen LogP contribution in [0.1, 0.15) is 23.0 Å². The third-order valence-electron chi connectivity index (χ3n) is 3.09. The Morgan fingerprint density at radius 1 is 1.04 bits per heavy atom. The Labute approximate surface area is 143 Å². The summed E-state index contributed by atoms with van der Waals surface area (Å²) in [5.74, 6) is -9.00. The molecule has 0 aliphatic rings. The van der Waals surface area contributed by atoms with Crippen LogP contribution in [0.5, 0.6) is 0 Å². The number of hydrogen-bond acceptors (Lipinski definition) is 3. The minimum absolute atomic E-state index is 0.136. The molecule has 1 unspecified atom stereocenters. The molecule has 0 aliphatic heterocycles. The highest BCUT2D eigenvalue weighted by atomic mass is 19.2. The molecule has 0 aromatic heterocycles. The average Bonchev–Trinajstić information content (AvgIpc) is 2.62. The van der Waals surface area contributed by atoms with Crippen LogP contribution in [0.4, 0.5) is 22.0 Å². The third-order valence-corrected chi connectivity index (χ3v) is 3.09. The van der Waals surface area contributed by atoms with Crippen LogP contribution in [0.25, 0.3) is 6.08 Å². The minimum atomic E-state index is -2.66. The second-order valence-corrected chi connectivity index (χ2v) is 4.88. The molecule has 26 heavy (non-hydrogen) atoms. The van der Waals surface area contributed by atoms with Gasteiger partial charge in [0.2, 0.25) is 0 Å². The Balaban J connectivity index is 2.05. The van der Waals surface area contributed by atoms with Crippen LogP contribution in [-0.2, 0) is 9.63 Å². The van der Waals surface area contributed by atoms with Crippen LogP contribution >= 0.6 is 0 Å². The van der Waals surface area contributed by atoms with Crippen LogP contribution < -0.4 is 0 Å². The predicted molar refractivity (Wildman–Crippen MR) is 81.9 cm³/mol. The first-order chi connectivity index (χ1) is 12.3. The van der Waals surface area contributed by atoms with E-state index in [4.69, 9.17) is 5.11 Å². The zero-order valence-corrected chi connectivity index (χ0v) is 12.8. The van der Waals surface area contributed by atoms with Crippen LogP contribution in [0.2, 0.25) is 0 Å². The highest BCUT2D eigenvalue weighted by Gasteiger charge is 2.25. The van der Waals surface area contributed by atoms with Gasteiger partial charge in [-0.1, -0.05) is 29.4 Å². The molecule has 9 heteroatoms. The molecule has 1 N–H and O–H groups in total. The zero-order chi connectivity index (χ0) is 19.3. The summed E-state index contributed by atoms with van der Waals surface area (Å²) in [7, 11) is 0. The number of nitrogens with zero attached hydrogens (tertiary/aromatic N) is 1. The summed E-state index contributed by atoms with van der Waals surface area (Å²) < 4.78 is 66.1. The zero-order valence-electron chi connectivity index (χ0n) is 12.8. The lowest BCUT2D eigenvalue weighted by Gasteiger charge is -2.09. The highest BCUT2D eigenvalue weighted by Crippen LogP contribution is 2.27. The number of halogens is 5. The van der Waals surface area contributed by atoms with Gasteiger partial charge in [-0.3, -0.25) is 0 Å². The molecule has 4 nitrogen and oxygen atoms in total. The van der Waals surface area contributed by atoms with Crippen molar-refractivity contribution in [2.45, 2.75) is 6.36 Å². The summed E-state index contributed by atoms with van der Waals surface area (Å²) in [5.41, 5.74) is -0.178. The van der Waals surface area contributed by atoms with Crippen molar-refractivity contribution in [3.63, 3.8) is 0 Å². The number of aliphatic carboxylic acids is 1. The summed E-state index contributed by atoms with van der Waals surface area (Å²) in [6, 6.07) is 6.21. The van der Waals surface area contributed by atoms with E-state index in [1.807, 2.05) is 0 Å². The van der Waals surface area contributed by atoms with Gasteiger partial charge < -0.3 is 9.94 Å². The molecule has 0 radical (unpaired) electrons. The maximum absolute atomic E-state index is 13.7. The molecular formula is C17H10F5NO3. The van der Waals surface area contributed by atoms with Gasteiger partial charge in [0.15, 0.2) is 23.3 Å². The van der Waals surface area contributed by atoms with Gasteiger partial charge in [-0.15, -0.1) is 0 Å². The van der Waals surface area contributed by atoms with Crippen molar-refractivity contribution in [2.24, 2.45) is 5.16 Å². The molecule has 0 spiro atoms. The fourth-order valence-electron chi connectivity index (χ4n) is 1.82. The molecule has 0 aliphatic carbocycles. The highest BCUT2D eigenvalue weighted by molar-refractivity contribution is 5.85. The molecule has 0 heterocycles. The molecular weight excluding hydrogens is 361 g/mol. The van der Waals surface area contributed by atoms with E-state index in [-0.39, 0.29) is 6.07 Å². The van der Waals surface area contributed by atoms with Crippen molar-refractivity contribution in [3.8, 4) is 0 Å². The fourth-order valence-corrected chi connectivity index (χ4v) is 1.82. The lowest BCUT2D eigenvalue weighted by Crippen LogP contribution is -2.05. The molecule has 0 bridgehead atoms. The van der Waals surface area contributed by atoms with E-state index in [2.05, 4.69) is 9.99 Å². The molecule has 0 saturated heterocycles. The van der Waals surface area contributed by atoms with Crippen molar-refractivity contribution in [2.75, 3.05) is 0 Å². The summed E-state index contributed by atoms with van der Waals surface area (Å²) in [5, 5.41) is 11.7. The second kappa shape index (κ2) is 8.24. The van der Waals surface area contributed by atoms with Gasteiger partial charge in [-0.25, -0.2) is 22.4 Å². The van der Waals surface area contributed by atoms with Gasteiger partial charge >= 0.3 is 5.97 Å². The maximum atomic E-state index is 13.7. The summed E-state index contributed by atoms with van der Waals surface area (Å²) in [4.78, 5) is 14.7. The van der Waals surface area contributed by atoms with Crippen LogP contribution in [0, 0.1) is 23.3 Å². The summed E-state index contributed by atoms with van der Waals surface area (Å²) in [6.07, 6.45) is 0.659. The number of oxime groups is 1.